The summed E-state index contributed by atoms with van der Waals surface area (Å²) in [6.07, 6.45) is 1.62. The Hall–Kier alpha value is -1.65. The van der Waals surface area contributed by atoms with Gasteiger partial charge in [0.1, 0.15) is 0 Å². The zero-order chi connectivity index (χ0) is 17.8. The van der Waals surface area contributed by atoms with Crippen molar-refractivity contribution in [1.82, 2.24) is 4.72 Å². The van der Waals surface area contributed by atoms with E-state index in [1.165, 1.54) is 5.56 Å². The molecule has 0 fully saturated rings. The molecule has 4 heteroatoms. The van der Waals surface area contributed by atoms with Gasteiger partial charge in [0.15, 0.2) is 0 Å². The summed E-state index contributed by atoms with van der Waals surface area (Å²) >= 11 is 0. The highest BCUT2D eigenvalue weighted by Crippen LogP contribution is 2.23. The van der Waals surface area contributed by atoms with E-state index in [0.29, 0.717) is 4.90 Å². The number of aryl methyl sites for hydroxylation is 1. The van der Waals surface area contributed by atoms with E-state index < -0.39 is 10.0 Å². The van der Waals surface area contributed by atoms with Crippen molar-refractivity contribution in [3.05, 3.63) is 65.7 Å². The monoisotopic (exact) mass is 345 g/mol. The molecular weight excluding hydrogens is 318 g/mol. The van der Waals surface area contributed by atoms with Crippen molar-refractivity contribution < 1.29 is 8.42 Å². The summed E-state index contributed by atoms with van der Waals surface area (Å²) in [5.41, 5.74) is 2.36. The van der Waals surface area contributed by atoms with Crippen molar-refractivity contribution in [3.8, 4) is 0 Å². The fourth-order valence-corrected chi connectivity index (χ4v) is 3.83. The molecule has 0 aliphatic rings. The highest BCUT2D eigenvalue weighted by atomic mass is 32.2. The molecule has 0 aliphatic heterocycles. The third-order valence-corrected chi connectivity index (χ3v) is 5.70. The molecular formula is C20H27NO2S. The summed E-state index contributed by atoms with van der Waals surface area (Å²) < 4.78 is 27.8. The van der Waals surface area contributed by atoms with Gasteiger partial charge in [0.05, 0.1) is 4.90 Å². The molecule has 0 radical (unpaired) electrons. The zero-order valence-electron chi connectivity index (χ0n) is 14.9. The molecule has 0 saturated carbocycles. The summed E-state index contributed by atoms with van der Waals surface area (Å²) in [4.78, 5) is 0.321. The minimum Gasteiger partial charge on any atom is -0.208 e. The Morgan fingerprint density at radius 2 is 1.54 bits per heavy atom. The molecule has 0 spiro atoms. The molecule has 0 amide bonds. The minimum atomic E-state index is -3.48. The summed E-state index contributed by atoms with van der Waals surface area (Å²) in [7, 11) is -3.48. The number of benzene rings is 2. The first-order valence-electron chi connectivity index (χ1n) is 8.35. The van der Waals surface area contributed by atoms with E-state index in [4.69, 9.17) is 0 Å². The van der Waals surface area contributed by atoms with Crippen LogP contribution in [0.25, 0.3) is 0 Å². The van der Waals surface area contributed by atoms with Crippen LogP contribution >= 0.6 is 0 Å². The molecule has 1 atom stereocenters. The van der Waals surface area contributed by atoms with Gasteiger partial charge in [0.25, 0.3) is 0 Å². The van der Waals surface area contributed by atoms with Crippen molar-refractivity contribution in [2.24, 2.45) is 0 Å². The number of hydrogen-bond acceptors (Lipinski definition) is 2. The lowest BCUT2D eigenvalue weighted by molar-refractivity contribution is 0.546. The molecule has 2 aromatic carbocycles. The van der Waals surface area contributed by atoms with Gasteiger partial charge >= 0.3 is 0 Å². The van der Waals surface area contributed by atoms with Gasteiger partial charge in [-0.2, -0.15) is 0 Å². The normalized spacial score (nSPS) is 13.7. The molecule has 3 nitrogen and oxygen atoms in total. The van der Waals surface area contributed by atoms with Gasteiger partial charge in [0, 0.05) is 6.04 Å². The van der Waals surface area contributed by atoms with E-state index in [9.17, 15) is 8.42 Å². The molecule has 0 saturated heterocycles. The zero-order valence-corrected chi connectivity index (χ0v) is 15.7. The van der Waals surface area contributed by atoms with Crippen LogP contribution in [0.5, 0.6) is 0 Å². The molecule has 0 aromatic heterocycles. The van der Waals surface area contributed by atoms with Crippen molar-refractivity contribution in [2.45, 2.75) is 56.9 Å². The number of nitrogens with one attached hydrogen (secondary N) is 1. The fourth-order valence-electron chi connectivity index (χ4n) is 2.55. The third kappa shape index (κ3) is 5.18. The second-order valence-electron chi connectivity index (χ2n) is 7.32. The molecule has 0 aliphatic carbocycles. The number of rotatable bonds is 6. The Morgan fingerprint density at radius 1 is 0.958 bits per heavy atom. The maximum atomic E-state index is 12.5. The van der Waals surface area contributed by atoms with Crippen molar-refractivity contribution in [1.29, 1.82) is 0 Å². The molecule has 2 aromatic rings. The van der Waals surface area contributed by atoms with Gasteiger partial charge < -0.3 is 0 Å². The van der Waals surface area contributed by atoms with E-state index in [2.05, 4.69) is 37.6 Å². The Morgan fingerprint density at radius 3 is 2.08 bits per heavy atom. The van der Waals surface area contributed by atoms with Crippen molar-refractivity contribution in [3.63, 3.8) is 0 Å². The summed E-state index contributed by atoms with van der Waals surface area (Å²) in [6, 6.07) is 17.2. The van der Waals surface area contributed by atoms with Crippen LogP contribution in [-0.2, 0) is 21.9 Å². The molecule has 24 heavy (non-hydrogen) atoms. The second kappa shape index (κ2) is 7.49. The number of hydrogen-bond donors (Lipinski definition) is 1. The summed E-state index contributed by atoms with van der Waals surface area (Å²) in [5.74, 6) is 0. The van der Waals surface area contributed by atoms with Crippen LogP contribution in [0.4, 0.5) is 0 Å². The van der Waals surface area contributed by atoms with Crippen LogP contribution in [-0.4, -0.2) is 14.5 Å². The van der Waals surface area contributed by atoms with E-state index in [0.717, 1.165) is 18.4 Å². The average Bonchev–Trinajstić information content (AvgIpc) is 2.53. The molecule has 1 N–H and O–H groups in total. The average molecular weight is 346 g/mol. The number of sulfonamides is 1. The Bertz CT molecular complexity index is 744. The Balaban J connectivity index is 1.99. The van der Waals surface area contributed by atoms with Gasteiger partial charge in [-0.05, 0) is 48.4 Å². The third-order valence-electron chi connectivity index (χ3n) is 4.10. The van der Waals surface area contributed by atoms with Crippen molar-refractivity contribution >= 4 is 10.0 Å². The van der Waals surface area contributed by atoms with Crippen LogP contribution in [0.3, 0.4) is 0 Å². The van der Waals surface area contributed by atoms with E-state index in [1.54, 1.807) is 12.1 Å². The molecule has 130 valence electrons. The van der Waals surface area contributed by atoms with Gasteiger partial charge in [-0.25, -0.2) is 13.1 Å². The lowest BCUT2D eigenvalue weighted by atomic mass is 9.87. The maximum absolute atomic E-state index is 12.5. The van der Waals surface area contributed by atoms with Gasteiger partial charge in [-0.15, -0.1) is 0 Å². The highest BCUT2D eigenvalue weighted by molar-refractivity contribution is 7.89. The van der Waals surface area contributed by atoms with Crippen LogP contribution in [0.2, 0.25) is 0 Å². The smallest absolute Gasteiger partial charge is 0.208 e. The first kappa shape index (κ1) is 18.7. The second-order valence-corrected chi connectivity index (χ2v) is 9.03. The van der Waals surface area contributed by atoms with Crippen LogP contribution < -0.4 is 4.72 Å². The first-order valence-corrected chi connectivity index (χ1v) is 9.83. The van der Waals surface area contributed by atoms with Gasteiger partial charge in [0.2, 0.25) is 10.0 Å². The first-order chi connectivity index (χ1) is 11.2. The van der Waals surface area contributed by atoms with Crippen LogP contribution in [0.15, 0.2) is 59.5 Å². The lowest BCUT2D eigenvalue weighted by Crippen LogP contribution is -2.33. The standard InChI is InChI=1S/C20H27NO2S/c1-16(10-11-17-8-6-5-7-9-17)21-24(22,23)19-14-12-18(13-15-19)20(2,3)4/h5-9,12-16,21H,10-11H2,1-4H3. The topological polar surface area (TPSA) is 46.2 Å². The lowest BCUT2D eigenvalue weighted by Gasteiger charge is -2.19. The summed E-state index contributed by atoms with van der Waals surface area (Å²) in [6.45, 7) is 8.24. The van der Waals surface area contributed by atoms with Gasteiger partial charge in [-0.1, -0.05) is 63.2 Å². The predicted octanol–water partition coefficient (Wildman–Crippen LogP) is 4.28. The van der Waals surface area contributed by atoms with Crippen molar-refractivity contribution in [2.75, 3.05) is 0 Å². The summed E-state index contributed by atoms with van der Waals surface area (Å²) in [5, 5.41) is 0. The largest absolute Gasteiger partial charge is 0.240 e. The van der Waals surface area contributed by atoms with E-state index in [-0.39, 0.29) is 11.5 Å². The highest BCUT2D eigenvalue weighted by Gasteiger charge is 2.19. The van der Waals surface area contributed by atoms with Gasteiger partial charge in [-0.3, -0.25) is 0 Å². The van der Waals surface area contributed by atoms with E-state index in [1.807, 2.05) is 37.3 Å². The molecule has 0 bridgehead atoms. The SMILES string of the molecule is CC(CCc1ccccc1)NS(=O)(=O)c1ccc(C(C)(C)C)cc1. The van der Waals surface area contributed by atoms with Crippen LogP contribution in [0.1, 0.15) is 45.2 Å². The van der Waals surface area contributed by atoms with Crippen LogP contribution in [0, 0.1) is 0 Å². The molecule has 1 unspecified atom stereocenters. The van der Waals surface area contributed by atoms with E-state index >= 15 is 0 Å². The fraction of sp³-hybridized carbons (Fsp3) is 0.400. The maximum Gasteiger partial charge on any atom is 0.240 e. The minimum absolute atomic E-state index is 0.0126. The molecule has 2 rings (SSSR count). The Labute approximate surface area is 146 Å². The Kier molecular flexibility index (Phi) is 5.83. The quantitative estimate of drug-likeness (QED) is 0.849. The predicted molar refractivity (Wildman–Crippen MR) is 99.7 cm³/mol. The molecule has 0 heterocycles.